The molecule has 0 unspecified atom stereocenters. The lowest BCUT2D eigenvalue weighted by Crippen LogP contribution is -1.90. The van der Waals surface area contributed by atoms with E-state index in [1.807, 2.05) is 27.7 Å². The summed E-state index contributed by atoms with van der Waals surface area (Å²) < 4.78 is 0. The molecule has 2 heteroatoms. The van der Waals surface area contributed by atoms with E-state index in [1.165, 1.54) is 38.5 Å². The highest BCUT2D eigenvalue weighted by molar-refractivity contribution is 4.51. The van der Waals surface area contributed by atoms with E-state index in [4.69, 9.17) is 10.2 Å². The molecular formula is C14H32O2. The first kappa shape index (κ1) is 18.3. The maximum atomic E-state index is 8.14. The minimum Gasteiger partial charge on any atom is -0.396 e. The van der Waals surface area contributed by atoms with Gasteiger partial charge in [-0.15, -0.1) is 0 Å². The molecule has 0 heterocycles. The molecule has 1 fully saturated rings. The molecule has 16 heavy (non-hydrogen) atoms. The Kier molecular flexibility index (Phi) is 17.1. The Balaban J connectivity index is 0. The van der Waals surface area contributed by atoms with Crippen molar-refractivity contribution in [1.29, 1.82) is 0 Å². The number of rotatable bonds is 2. The molecule has 1 aliphatic carbocycles. The van der Waals surface area contributed by atoms with Crippen LogP contribution in [0.15, 0.2) is 0 Å². The average Bonchev–Trinajstić information content (AvgIpc) is 2.32. The molecule has 0 aromatic carbocycles. The van der Waals surface area contributed by atoms with Gasteiger partial charge in [0.05, 0.1) is 0 Å². The first-order valence-corrected chi connectivity index (χ1v) is 6.76. The zero-order valence-corrected chi connectivity index (χ0v) is 11.7. The van der Waals surface area contributed by atoms with Gasteiger partial charge in [0, 0.05) is 13.2 Å². The van der Waals surface area contributed by atoms with Crippen molar-refractivity contribution in [3.8, 4) is 0 Å². The number of aliphatic hydroxyl groups is 2. The van der Waals surface area contributed by atoms with Crippen LogP contribution >= 0.6 is 0 Å². The molecule has 0 aromatic rings. The number of aliphatic hydroxyl groups excluding tert-OH is 2. The highest BCUT2D eigenvalue weighted by Crippen LogP contribution is 2.15. The normalized spacial score (nSPS) is 15.0. The van der Waals surface area contributed by atoms with Gasteiger partial charge in [-0.25, -0.2) is 0 Å². The standard InChI is InChI=1S/C6H12.2C4H10O/c1-2-4-6-5-3-1;2*1-4(2)3-5/h1-6H2;2*4-5H,3H2,1-2H3. The lowest BCUT2D eigenvalue weighted by atomic mass is 10.0. The van der Waals surface area contributed by atoms with Gasteiger partial charge in [0.15, 0.2) is 0 Å². The lowest BCUT2D eigenvalue weighted by Gasteiger charge is -2.05. The van der Waals surface area contributed by atoms with Crippen molar-refractivity contribution in [2.24, 2.45) is 11.8 Å². The minimum atomic E-state index is 0.306. The summed E-state index contributed by atoms with van der Waals surface area (Å²) in [5.41, 5.74) is 0. The molecule has 0 saturated heterocycles. The zero-order valence-electron chi connectivity index (χ0n) is 11.7. The quantitative estimate of drug-likeness (QED) is 0.763. The van der Waals surface area contributed by atoms with Gasteiger partial charge >= 0.3 is 0 Å². The third-order valence-electron chi connectivity index (χ3n) is 2.23. The highest BCUT2D eigenvalue weighted by Gasteiger charge is 1.95. The van der Waals surface area contributed by atoms with E-state index in [2.05, 4.69) is 0 Å². The van der Waals surface area contributed by atoms with E-state index in [0.717, 1.165) is 0 Å². The van der Waals surface area contributed by atoms with Crippen LogP contribution in [-0.4, -0.2) is 23.4 Å². The molecule has 0 atom stereocenters. The zero-order chi connectivity index (χ0) is 12.8. The molecule has 0 amide bonds. The Hall–Kier alpha value is -0.0800. The lowest BCUT2D eigenvalue weighted by molar-refractivity contribution is 0.248. The smallest absolute Gasteiger partial charge is 0.0453 e. The topological polar surface area (TPSA) is 40.5 Å². The Labute approximate surface area is 102 Å². The molecule has 100 valence electrons. The summed E-state index contributed by atoms with van der Waals surface area (Å²) in [5, 5.41) is 16.3. The van der Waals surface area contributed by atoms with Crippen LogP contribution in [0.5, 0.6) is 0 Å². The highest BCUT2D eigenvalue weighted by atomic mass is 16.3. The maximum absolute atomic E-state index is 8.14. The van der Waals surface area contributed by atoms with E-state index in [9.17, 15) is 0 Å². The van der Waals surface area contributed by atoms with Crippen LogP contribution in [0.1, 0.15) is 66.2 Å². The summed E-state index contributed by atoms with van der Waals surface area (Å²) in [4.78, 5) is 0. The second-order valence-corrected chi connectivity index (χ2v) is 5.27. The molecule has 0 bridgehead atoms. The fourth-order valence-corrected chi connectivity index (χ4v) is 1.06. The van der Waals surface area contributed by atoms with E-state index < -0.39 is 0 Å². The van der Waals surface area contributed by atoms with Crippen molar-refractivity contribution in [3.63, 3.8) is 0 Å². The van der Waals surface area contributed by atoms with E-state index >= 15 is 0 Å². The van der Waals surface area contributed by atoms with Gasteiger partial charge < -0.3 is 10.2 Å². The van der Waals surface area contributed by atoms with Crippen molar-refractivity contribution in [1.82, 2.24) is 0 Å². The predicted octanol–water partition coefficient (Wildman–Crippen LogP) is 3.61. The molecule has 0 radical (unpaired) electrons. The van der Waals surface area contributed by atoms with Crippen molar-refractivity contribution in [3.05, 3.63) is 0 Å². The van der Waals surface area contributed by atoms with Crippen molar-refractivity contribution in [2.45, 2.75) is 66.2 Å². The van der Waals surface area contributed by atoms with Crippen LogP contribution in [0.3, 0.4) is 0 Å². The number of hydrogen-bond acceptors (Lipinski definition) is 2. The van der Waals surface area contributed by atoms with Gasteiger partial charge in [-0.1, -0.05) is 66.2 Å². The average molecular weight is 232 g/mol. The fraction of sp³-hybridized carbons (Fsp3) is 1.00. The summed E-state index contributed by atoms with van der Waals surface area (Å²) >= 11 is 0. The van der Waals surface area contributed by atoms with Gasteiger partial charge in [0.25, 0.3) is 0 Å². The van der Waals surface area contributed by atoms with Crippen molar-refractivity contribution >= 4 is 0 Å². The predicted molar refractivity (Wildman–Crippen MR) is 71.5 cm³/mol. The van der Waals surface area contributed by atoms with Crippen LogP contribution in [0.4, 0.5) is 0 Å². The van der Waals surface area contributed by atoms with Crippen molar-refractivity contribution < 1.29 is 10.2 Å². The van der Waals surface area contributed by atoms with Gasteiger partial charge in [-0.05, 0) is 11.8 Å². The Morgan fingerprint density at radius 1 is 0.625 bits per heavy atom. The molecule has 0 aromatic heterocycles. The van der Waals surface area contributed by atoms with E-state index in [0.29, 0.717) is 25.0 Å². The first-order valence-electron chi connectivity index (χ1n) is 6.76. The van der Waals surface area contributed by atoms with E-state index in [-0.39, 0.29) is 0 Å². The molecule has 2 N–H and O–H groups in total. The van der Waals surface area contributed by atoms with Crippen LogP contribution in [0.25, 0.3) is 0 Å². The first-order chi connectivity index (χ1) is 7.54. The molecule has 0 aliphatic heterocycles. The maximum Gasteiger partial charge on any atom is 0.0453 e. The molecule has 1 saturated carbocycles. The van der Waals surface area contributed by atoms with Gasteiger partial charge in [0.1, 0.15) is 0 Å². The SMILES string of the molecule is C1CCCCC1.CC(C)CO.CC(C)CO. The monoisotopic (exact) mass is 232 g/mol. The van der Waals surface area contributed by atoms with Crippen LogP contribution < -0.4 is 0 Å². The fourth-order valence-electron chi connectivity index (χ4n) is 1.06. The molecule has 2 nitrogen and oxygen atoms in total. The summed E-state index contributed by atoms with van der Waals surface area (Å²) in [7, 11) is 0. The second-order valence-electron chi connectivity index (χ2n) is 5.27. The van der Waals surface area contributed by atoms with Gasteiger partial charge in [-0.2, -0.15) is 0 Å². The molecular weight excluding hydrogens is 200 g/mol. The molecule has 0 spiro atoms. The van der Waals surface area contributed by atoms with Crippen LogP contribution in [0.2, 0.25) is 0 Å². The van der Waals surface area contributed by atoms with Crippen LogP contribution in [0, 0.1) is 11.8 Å². The second kappa shape index (κ2) is 14.9. The summed E-state index contributed by atoms with van der Waals surface area (Å²) in [5.74, 6) is 0.880. The summed E-state index contributed by atoms with van der Waals surface area (Å²) in [6.07, 6.45) is 9.00. The van der Waals surface area contributed by atoms with E-state index in [1.54, 1.807) is 0 Å². The largest absolute Gasteiger partial charge is 0.396 e. The third kappa shape index (κ3) is 23.6. The van der Waals surface area contributed by atoms with Gasteiger partial charge in [-0.3, -0.25) is 0 Å². The third-order valence-corrected chi connectivity index (χ3v) is 2.23. The number of hydrogen-bond donors (Lipinski definition) is 2. The Morgan fingerprint density at radius 2 is 0.750 bits per heavy atom. The molecule has 1 rings (SSSR count). The summed E-state index contributed by atoms with van der Waals surface area (Å²) in [6, 6.07) is 0. The summed E-state index contributed by atoms with van der Waals surface area (Å²) in [6.45, 7) is 8.50. The van der Waals surface area contributed by atoms with Gasteiger partial charge in [0.2, 0.25) is 0 Å². The van der Waals surface area contributed by atoms with Crippen molar-refractivity contribution in [2.75, 3.05) is 13.2 Å². The molecule has 1 aliphatic rings. The minimum absolute atomic E-state index is 0.306. The Bertz CT molecular complexity index is 87.8. The van der Waals surface area contributed by atoms with Crippen LogP contribution in [-0.2, 0) is 0 Å². The Morgan fingerprint density at radius 3 is 0.812 bits per heavy atom.